The molecule has 0 aliphatic carbocycles. The van der Waals surface area contributed by atoms with Gasteiger partial charge in [0.2, 0.25) is 0 Å². The Morgan fingerprint density at radius 3 is 2.33 bits per heavy atom. The molecule has 0 amide bonds. The van der Waals surface area contributed by atoms with Gasteiger partial charge < -0.3 is 0 Å². The van der Waals surface area contributed by atoms with Crippen LogP contribution in [0.1, 0.15) is 0 Å². The molecule has 2 aromatic heterocycles. The molecule has 4 aromatic rings. The molecule has 0 unspecified atom stereocenters. The third kappa shape index (κ3) is 2.34. The fraction of sp³-hybridized carbons (Fsp3) is 0. The van der Waals surface area contributed by atoms with Gasteiger partial charge in [-0.2, -0.15) is 0 Å². The molecule has 0 aliphatic rings. The van der Waals surface area contributed by atoms with Gasteiger partial charge in [0.25, 0.3) is 0 Å². The Balaban J connectivity index is 1.77. The summed E-state index contributed by atoms with van der Waals surface area (Å²) in [5, 5.41) is 2.56. The summed E-state index contributed by atoms with van der Waals surface area (Å²) in [5.74, 6) is 0. The minimum absolute atomic E-state index is 1.04. The van der Waals surface area contributed by atoms with E-state index >= 15 is 0 Å². The first-order chi connectivity index (χ1) is 10.4. The Morgan fingerprint density at radius 2 is 1.48 bits per heavy atom. The molecule has 0 bridgehead atoms. The number of thiophene rings is 1. The molecule has 2 aromatic carbocycles. The van der Waals surface area contributed by atoms with Crippen molar-refractivity contribution in [1.29, 1.82) is 0 Å². The van der Waals surface area contributed by atoms with Gasteiger partial charge in [0, 0.05) is 11.1 Å². The fourth-order valence-corrected chi connectivity index (χ4v) is 3.46. The highest BCUT2D eigenvalue weighted by atomic mass is 32.1. The van der Waals surface area contributed by atoms with Gasteiger partial charge >= 0.3 is 0 Å². The lowest BCUT2D eigenvalue weighted by Crippen LogP contribution is -1.76. The Labute approximate surface area is 127 Å². The van der Waals surface area contributed by atoms with Crippen LogP contribution in [0.15, 0.2) is 79.0 Å². The molecule has 2 heterocycles. The first-order valence-electron chi connectivity index (χ1n) is 6.90. The summed E-state index contributed by atoms with van der Waals surface area (Å²) in [4.78, 5) is 6.90. The van der Waals surface area contributed by atoms with E-state index in [1.165, 1.54) is 26.1 Å². The smallest absolute Gasteiger partial charge is 0.0801 e. The zero-order valence-electron chi connectivity index (χ0n) is 11.4. The van der Waals surface area contributed by atoms with Crippen LogP contribution in [0.5, 0.6) is 0 Å². The third-order valence-corrected chi connectivity index (χ3v) is 4.71. The molecular formula is C19H13NS. The first-order valence-corrected chi connectivity index (χ1v) is 7.72. The maximum atomic E-state index is 4.42. The van der Waals surface area contributed by atoms with Crippen molar-refractivity contribution < 1.29 is 0 Å². The lowest BCUT2D eigenvalue weighted by molar-refractivity contribution is 1.34. The highest BCUT2D eigenvalue weighted by molar-refractivity contribution is 7.18. The van der Waals surface area contributed by atoms with Crippen LogP contribution in [-0.2, 0) is 0 Å². The number of pyridine rings is 1. The predicted molar refractivity (Wildman–Crippen MR) is 90.5 cm³/mol. The minimum atomic E-state index is 1.04. The van der Waals surface area contributed by atoms with Gasteiger partial charge in [0.05, 0.1) is 10.6 Å². The average Bonchev–Trinajstić information content (AvgIpc) is 3.05. The van der Waals surface area contributed by atoms with E-state index in [0.29, 0.717) is 0 Å². The van der Waals surface area contributed by atoms with E-state index in [9.17, 15) is 0 Å². The summed E-state index contributed by atoms with van der Waals surface area (Å²) in [7, 11) is 0. The van der Waals surface area contributed by atoms with Crippen molar-refractivity contribution in [3.63, 3.8) is 0 Å². The van der Waals surface area contributed by atoms with E-state index in [0.717, 1.165) is 5.69 Å². The first kappa shape index (κ1) is 12.3. The number of hydrogen-bond donors (Lipinski definition) is 0. The van der Waals surface area contributed by atoms with Gasteiger partial charge in [-0.3, -0.25) is 4.98 Å². The van der Waals surface area contributed by atoms with E-state index in [2.05, 4.69) is 65.6 Å². The zero-order chi connectivity index (χ0) is 14.1. The van der Waals surface area contributed by atoms with E-state index < -0.39 is 0 Å². The van der Waals surface area contributed by atoms with Crippen LogP contribution in [0.25, 0.3) is 31.8 Å². The van der Waals surface area contributed by atoms with Crippen molar-refractivity contribution in [2.75, 3.05) is 0 Å². The molecule has 0 radical (unpaired) electrons. The van der Waals surface area contributed by atoms with Gasteiger partial charge in [0.1, 0.15) is 0 Å². The maximum absolute atomic E-state index is 4.42. The van der Waals surface area contributed by atoms with Crippen LogP contribution in [0.4, 0.5) is 0 Å². The van der Waals surface area contributed by atoms with Crippen molar-refractivity contribution in [2.24, 2.45) is 0 Å². The van der Waals surface area contributed by atoms with Crippen LogP contribution in [0, 0.1) is 0 Å². The van der Waals surface area contributed by atoms with Crippen LogP contribution in [0.2, 0.25) is 0 Å². The highest BCUT2D eigenvalue weighted by Crippen LogP contribution is 2.34. The van der Waals surface area contributed by atoms with Crippen LogP contribution in [0.3, 0.4) is 0 Å². The summed E-state index contributed by atoms with van der Waals surface area (Å²) in [6.45, 7) is 0. The van der Waals surface area contributed by atoms with E-state index in [1.54, 1.807) is 11.3 Å². The quantitative estimate of drug-likeness (QED) is 0.465. The van der Waals surface area contributed by atoms with Gasteiger partial charge in [0.15, 0.2) is 0 Å². The van der Waals surface area contributed by atoms with Crippen molar-refractivity contribution in [3.8, 4) is 21.0 Å². The molecule has 0 N–H and O–H groups in total. The molecule has 100 valence electrons. The molecule has 0 fully saturated rings. The number of rotatable bonds is 2. The summed E-state index contributed by atoms with van der Waals surface area (Å²) in [6.07, 6.45) is 1.84. The zero-order valence-corrected chi connectivity index (χ0v) is 12.2. The van der Waals surface area contributed by atoms with Crippen molar-refractivity contribution >= 4 is 22.1 Å². The summed E-state index contributed by atoms with van der Waals surface area (Å²) < 4.78 is 0. The van der Waals surface area contributed by atoms with Crippen LogP contribution >= 0.6 is 11.3 Å². The van der Waals surface area contributed by atoms with Crippen molar-refractivity contribution in [3.05, 3.63) is 79.0 Å². The molecule has 2 heteroatoms. The number of nitrogens with zero attached hydrogens (tertiary/aromatic N) is 1. The highest BCUT2D eigenvalue weighted by Gasteiger charge is 2.06. The fourth-order valence-electron chi connectivity index (χ4n) is 2.48. The third-order valence-electron chi connectivity index (χ3n) is 3.56. The van der Waals surface area contributed by atoms with Gasteiger partial charge in [-0.15, -0.1) is 11.3 Å². The Kier molecular flexibility index (Phi) is 3.02. The number of fused-ring (bicyclic) bond motifs is 1. The molecule has 0 aliphatic heterocycles. The average molecular weight is 287 g/mol. The number of benzene rings is 2. The molecule has 0 saturated carbocycles. The Hall–Kier alpha value is -2.45. The van der Waals surface area contributed by atoms with Gasteiger partial charge in [-0.05, 0) is 46.7 Å². The lowest BCUT2D eigenvalue weighted by Gasteiger charge is -2.01. The minimum Gasteiger partial charge on any atom is -0.255 e. The summed E-state index contributed by atoms with van der Waals surface area (Å²) in [6, 6.07) is 25.4. The lowest BCUT2D eigenvalue weighted by atomic mass is 10.1. The second kappa shape index (κ2) is 5.15. The molecule has 1 nitrogen and oxygen atoms in total. The second-order valence-corrected chi connectivity index (χ2v) is 6.02. The van der Waals surface area contributed by atoms with Crippen molar-refractivity contribution in [1.82, 2.24) is 4.98 Å². The van der Waals surface area contributed by atoms with Crippen molar-refractivity contribution in [2.45, 2.75) is 0 Å². The predicted octanol–water partition coefficient (Wildman–Crippen LogP) is 5.63. The normalized spacial score (nSPS) is 10.9. The maximum Gasteiger partial charge on any atom is 0.0801 e. The number of hydrogen-bond acceptors (Lipinski definition) is 2. The molecule has 4 rings (SSSR count). The summed E-state index contributed by atoms with van der Waals surface area (Å²) >= 11 is 1.79. The SMILES string of the molecule is c1ccc(-c2ccc(-c3ccc4ccccc4c3)s2)nc1. The van der Waals surface area contributed by atoms with E-state index in [-0.39, 0.29) is 0 Å². The molecule has 0 saturated heterocycles. The topological polar surface area (TPSA) is 12.9 Å². The van der Waals surface area contributed by atoms with Crippen LogP contribution < -0.4 is 0 Å². The van der Waals surface area contributed by atoms with Crippen LogP contribution in [-0.4, -0.2) is 4.98 Å². The number of aromatic nitrogens is 1. The standard InChI is InChI=1S/C19H13NS/c1-2-6-15-13-16(9-8-14(15)5-1)18-10-11-19(21-18)17-7-3-4-12-20-17/h1-13H. The molecule has 0 atom stereocenters. The Morgan fingerprint density at radius 1 is 0.667 bits per heavy atom. The van der Waals surface area contributed by atoms with Gasteiger partial charge in [-0.1, -0.05) is 42.5 Å². The molecule has 21 heavy (non-hydrogen) atoms. The van der Waals surface area contributed by atoms with Gasteiger partial charge in [-0.25, -0.2) is 0 Å². The van der Waals surface area contributed by atoms with E-state index in [4.69, 9.17) is 0 Å². The molecular weight excluding hydrogens is 274 g/mol. The largest absolute Gasteiger partial charge is 0.255 e. The Bertz CT molecular complexity index is 894. The second-order valence-electron chi connectivity index (χ2n) is 4.94. The van der Waals surface area contributed by atoms with E-state index in [1.807, 2.05) is 18.3 Å². The monoisotopic (exact) mass is 287 g/mol. The summed E-state index contributed by atoms with van der Waals surface area (Å²) in [5.41, 5.74) is 2.30. The molecule has 0 spiro atoms.